The van der Waals surface area contributed by atoms with Gasteiger partial charge in [-0.05, 0) is 24.2 Å². The SMILES string of the molecule is CCNCc1ccc(S(=O)(=O)N2CCN(C)C(=O)C2)cc1. The van der Waals surface area contributed by atoms with E-state index in [-0.39, 0.29) is 17.3 Å². The highest BCUT2D eigenvalue weighted by atomic mass is 32.2. The number of nitrogens with zero attached hydrogens (tertiary/aromatic N) is 2. The van der Waals surface area contributed by atoms with Gasteiger partial charge in [0.15, 0.2) is 0 Å². The van der Waals surface area contributed by atoms with Crippen LogP contribution in [0.4, 0.5) is 0 Å². The summed E-state index contributed by atoms with van der Waals surface area (Å²) in [5.74, 6) is -0.173. The van der Waals surface area contributed by atoms with E-state index in [2.05, 4.69) is 5.32 Å². The maximum absolute atomic E-state index is 12.5. The number of piperazine rings is 1. The Hall–Kier alpha value is -1.44. The zero-order valence-electron chi connectivity index (χ0n) is 12.4. The van der Waals surface area contributed by atoms with Gasteiger partial charge in [-0.2, -0.15) is 4.31 Å². The number of carbonyl (C=O) groups is 1. The van der Waals surface area contributed by atoms with Crippen molar-refractivity contribution in [2.75, 3.05) is 33.2 Å². The maximum Gasteiger partial charge on any atom is 0.243 e. The van der Waals surface area contributed by atoms with E-state index in [1.54, 1.807) is 36.2 Å². The highest BCUT2D eigenvalue weighted by molar-refractivity contribution is 7.89. The number of rotatable bonds is 5. The molecule has 1 fully saturated rings. The quantitative estimate of drug-likeness (QED) is 0.847. The fourth-order valence-electron chi connectivity index (χ4n) is 2.14. The summed E-state index contributed by atoms with van der Waals surface area (Å²) in [5.41, 5.74) is 1.03. The molecule has 0 aromatic heterocycles. The van der Waals surface area contributed by atoms with Crippen molar-refractivity contribution in [2.24, 2.45) is 0 Å². The van der Waals surface area contributed by atoms with Gasteiger partial charge in [0.1, 0.15) is 0 Å². The maximum atomic E-state index is 12.5. The Morgan fingerprint density at radius 1 is 1.19 bits per heavy atom. The molecule has 1 N–H and O–H groups in total. The number of benzene rings is 1. The van der Waals surface area contributed by atoms with E-state index < -0.39 is 10.0 Å². The smallest absolute Gasteiger partial charge is 0.243 e. The van der Waals surface area contributed by atoms with Gasteiger partial charge in [0.25, 0.3) is 0 Å². The molecule has 1 saturated heterocycles. The van der Waals surface area contributed by atoms with Gasteiger partial charge < -0.3 is 10.2 Å². The lowest BCUT2D eigenvalue weighted by atomic mass is 10.2. The van der Waals surface area contributed by atoms with Gasteiger partial charge >= 0.3 is 0 Å². The van der Waals surface area contributed by atoms with Crippen molar-refractivity contribution in [2.45, 2.75) is 18.4 Å². The van der Waals surface area contributed by atoms with Crippen LogP contribution in [0, 0.1) is 0 Å². The molecule has 21 heavy (non-hydrogen) atoms. The van der Waals surface area contributed by atoms with Crippen molar-refractivity contribution < 1.29 is 13.2 Å². The first-order valence-electron chi connectivity index (χ1n) is 6.99. The molecule has 0 saturated carbocycles. The minimum atomic E-state index is -3.59. The largest absolute Gasteiger partial charge is 0.343 e. The van der Waals surface area contributed by atoms with Crippen LogP contribution in [0.5, 0.6) is 0 Å². The Bertz CT molecular complexity index is 598. The van der Waals surface area contributed by atoms with Crippen LogP contribution < -0.4 is 5.32 Å². The van der Waals surface area contributed by atoms with E-state index >= 15 is 0 Å². The number of sulfonamides is 1. The molecular weight excluding hydrogens is 290 g/mol. The molecule has 116 valence electrons. The monoisotopic (exact) mass is 311 g/mol. The molecule has 0 unspecified atom stereocenters. The standard InChI is InChI=1S/C14H21N3O3S/c1-3-15-10-12-4-6-13(7-5-12)21(19,20)17-9-8-16(2)14(18)11-17/h4-7,15H,3,8-11H2,1-2H3. The molecule has 0 aliphatic carbocycles. The van der Waals surface area contributed by atoms with Crippen LogP contribution in [-0.4, -0.2) is 56.8 Å². The van der Waals surface area contributed by atoms with Crippen molar-refractivity contribution in [3.05, 3.63) is 29.8 Å². The first kappa shape index (κ1) is 15.9. The molecule has 7 heteroatoms. The third kappa shape index (κ3) is 3.61. The van der Waals surface area contributed by atoms with Gasteiger partial charge in [-0.25, -0.2) is 8.42 Å². The zero-order chi connectivity index (χ0) is 15.5. The molecule has 0 radical (unpaired) electrons. The van der Waals surface area contributed by atoms with Crippen LogP contribution in [0.1, 0.15) is 12.5 Å². The Balaban J connectivity index is 2.14. The summed E-state index contributed by atoms with van der Waals surface area (Å²) in [7, 11) is -1.91. The predicted octanol–water partition coefficient (Wildman–Crippen LogP) is 0.259. The van der Waals surface area contributed by atoms with E-state index in [4.69, 9.17) is 0 Å². The third-order valence-corrected chi connectivity index (χ3v) is 5.42. The van der Waals surface area contributed by atoms with E-state index in [1.807, 2.05) is 6.92 Å². The second-order valence-electron chi connectivity index (χ2n) is 5.08. The van der Waals surface area contributed by atoms with E-state index in [1.165, 1.54) is 4.31 Å². The predicted molar refractivity (Wildman–Crippen MR) is 80.2 cm³/mol. The Kier molecular flexibility index (Phi) is 4.97. The number of carbonyl (C=O) groups excluding carboxylic acids is 1. The lowest BCUT2D eigenvalue weighted by Gasteiger charge is -2.31. The van der Waals surface area contributed by atoms with Gasteiger partial charge in [0.05, 0.1) is 11.4 Å². The van der Waals surface area contributed by atoms with Crippen LogP contribution >= 0.6 is 0 Å². The summed E-state index contributed by atoms with van der Waals surface area (Å²) < 4.78 is 26.3. The highest BCUT2D eigenvalue weighted by Gasteiger charge is 2.31. The molecule has 1 amide bonds. The summed E-state index contributed by atoms with van der Waals surface area (Å²) in [5, 5.41) is 3.19. The normalized spacial score (nSPS) is 17.2. The molecule has 1 aromatic carbocycles. The molecule has 0 atom stereocenters. The van der Waals surface area contributed by atoms with E-state index in [9.17, 15) is 13.2 Å². The van der Waals surface area contributed by atoms with Gasteiger partial charge in [-0.15, -0.1) is 0 Å². The Labute approximate surface area is 125 Å². The molecule has 1 aliphatic heterocycles. The average Bonchev–Trinajstić information content (AvgIpc) is 2.48. The van der Waals surface area contributed by atoms with Crippen LogP contribution in [0.2, 0.25) is 0 Å². The molecule has 0 bridgehead atoms. The number of nitrogens with one attached hydrogen (secondary N) is 1. The summed E-state index contributed by atoms with van der Waals surface area (Å²) in [6.45, 7) is 4.27. The number of hydrogen-bond acceptors (Lipinski definition) is 4. The summed E-state index contributed by atoms with van der Waals surface area (Å²) in [6.07, 6.45) is 0. The second-order valence-corrected chi connectivity index (χ2v) is 7.02. The lowest BCUT2D eigenvalue weighted by Crippen LogP contribution is -2.50. The van der Waals surface area contributed by atoms with Crippen LogP contribution in [0.3, 0.4) is 0 Å². The average molecular weight is 311 g/mol. The molecule has 2 rings (SSSR count). The van der Waals surface area contributed by atoms with Gasteiger partial charge in [0, 0.05) is 26.7 Å². The number of likely N-dealkylation sites (N-methyl/N-ethyl adjacent to an activating group) is 1. The van der Waals surface area contributed by atoms with Gasteiger partial charge in [-0.3, -0.25) is 4.79 Å². The first-order chi connectivity index (χ1) is 9.95. The van der Waals surface area contributed by atoms with Crippen LogP contribution in [0.25, 0.3) is 0 Å². The summed E-state index contributed by atoms with van der Waals surface area (Å²) >= 11 is 0. The van der Waals surface area contributed by atoms with Crippen LogP contribution in [-0.2, 0) is 21.4 Å². The lowest BCUT2D eigenvalue weighted by molar-refractivity contribution is -0.132. The molecule has 1 aromatic rings. The van der Waals surface area contributed by atoms with Crippen molar-refractivity contribution in [3.8, 4) is 0 Å². The van der Waals surface area contributed by atoms with Gasteiger partial charge in [-0.1, -0.05) is 19.1 Å². The molecule has 1 heterocycles. The van der Waals surface area contributed by atoms with Crippen molar-refractivity contribution in [1.29, 1.82) is 0 Å². The van der Waals surface area contributed by atoms with Gasteiger partial charge in [0.2, 0.25) is 15.9 Å². The molecule has 6 nitrogen and oxygen atoms in total. The first-order valence-corrected chi connectivity index (χ1v) is 8.43. The van der Waals surface area contributed by atoms with Crippen molar-refractivity contribution in [3.63, 3.8) is 0 Å². The van der Waals surface area contributed by atoms with E-state index in [0.29, 0.717) is 19.6 Å². The second kappa shape index (κ2) is 6.55. The number of amides is 1. The summed E-state index contributed by atoms with van der Waals surface area (Å²) in [6, 6.07) is 6.80. The fraction of sp³-hybridized carbons (Fsp3) is 0.500. The van der Waals surface area contributed by atoms with E-state index in [0.717, 1.165) is 12.1 Å². The zero-order valence-corrected chi connectivity index (χ0v) is 13.2. The number of hydrogen-bond donors (Lipinski definition) is 1. The topological polar surface area (TPSA) is 69.7 Å². The minimum absolute atomic E-state index is 0.0853. The third-order valence-electron chi connectivity index (χ3n) is 3.56. The van der Waals surface area contributed by atoms with Crippen molar-refractivity contribution in [1.82, 2.24) is 14.5 Å². The molecule has 0 spiro atoms. The summed E-state index contributed by atoms with van der Waals surface area (Å²) in [4.78, 5) is 13.4. The molecular formula is C14H21N3O3S. The fourth-order valence-corrected chi connectivity index (χ4v) is 3.52. The van der Waals surface area contributed by atoms with Crippen molar-refractivity contribution >= 4 is 15.9 Å². The highest BCUT2D eigenvalue weighted by Crippen LogP contribution is 2.18. The minimum Gasteiger partial charge on any atom is -0.343 e. The van der Waals surface area contributed by atoms with Crippen LogP contribution in [0.15, 0.2) is 29.2 Å². The Morgan fingerprint density at radius 3 is 2.43 bits per heavy atom. The Morgan fingerprint density at radius 2 is 1.86 bits per heavy atom. The molecule has 1 aliphatic rings.